The third-order valence-corrected chi connectivity index (χ3v) is 13.2. The molecule has 4 nitrogen and oxygen atoms in total. The molecule has 0 heterocycles. The molecular formula is C62H78O4. The molecule has 66 heavy (non-hydrogen) atoms. The van der Waals surface area contributed by atoms with E-state index in [1.807, 2.05) is 0 Å². The summed E-state index contributed by atoms with van der Waals surface area (Å²) >= 11 is 0. The van der Waals surface area contributed by atoms with Crippen LogP contribution in [0, 0.1) is 11.8 Å². The number of aryl methyl sites for hydroxylation is 1. The number of ether oxygens (including phenoxy) is 4. The van der Waals surface area contributed by atoms with Crippen molar-refractivity contribution in [2.75, 3.05) is 26.4 Å². The summed E-state index contributed by atoms with van der Waals surface area (Å²) in [5.74, 6) is 5.04. The van der Waals surface area contributed by atoms with Crippen molar-refractivity contribution in [3.05, 3.63) is 145 Å². The van der Waals surface area contributed by atoms with Gasteiger partial charge in [-0.15, -0.1) is 0 Å². The molecule has 6 rings (SSSR count). The number of unbranched alkanes of at least 4 members (excludes halogenated alkanes) is 6. The van der Waals surface area contributed by atoms with Crippen LogP contribution in [0.1, 0.15) is 136 Å². The molecule has 3 atom stereocenters. The Morgan fingerprint density at radius 1 is 0.379 bits per heavy atom. The maximum atomic E-state index is 6.17. The molecule has 4 heteroatoms. The van der Waals surface area contributed by atoms with E-state index in [2.05, 4.69) is 182 Å². The van der Waals surface area contributed by atoms with Crippen LogP contribution in [-0.4, -0.2) is 26.4 Å². The molecule has 0 fully saturated rings. The molecular weight excluding hydrogens is 809 g/mol. The highest BCUT2D eigenvalue weighted by Gasteiger charge is 2.17. The molecule has 0 radical (unpaired) electrons. The van der Waals surface area contributed by atoms with Crippen molar-refractivity contribution >= 4 is 0 Å². The third kappa shape index (κ3) is 15.0. The van der Waals surface area contributed by atoms with Crippen molar-refractivity contribution < 1.29 is 18.9 Å². The summed E-state index contributed by atoms with van der Waals surface area (Å²) in [6, 6.07) is 48.8. The van der Waals surface area contributed by atoms with Crippen LogP contribution in [0.4, 0.5) is 0 Å². The van der Waals surface area contributed by atoms with Gasteiger partial charge in [-0.1, -0.05) is 185 Å². The molecule has 6 aromatic rings. The predicted molar refractivity (Wildman–Crippen MR) is 281 cm³/mol. The number of rotatable bonds is 28. The van der Waals surface area contributed by atoms with E-state index < -0.39 is 0 Å². The van der Waals surface area contributed by atoms with Gasteiger partial charge in [-0.3, -0.25) is 0 Å². The average molecular weight is 887 g/mol. The Hall–Kier alpha value is -5.48. The van der Waals surface area contributed by atoms with Crippen molar-refractivity contribution in [3.8, 4) is 67.5 Å². The van der Waals surface area contributed by atoms with Crippen molar-refractivity contribution in [2.24, 2.45) is 11.8 Å². The lowest BCUT2D eigenvalue weighted by molar-refractivity contribution is 0.256. The van der Waals surface area contributed by atoms with Gasteiger partial charge in [0.2, 0.25) is 0 Å². The first-order chi connectivity index (χ1) is 32.3. The number of hydrogen-bond acceptors (Lipinski definition) is 4. The fourth-order valence-electron chi connectivity index (χ4n) is 8.30. The summed E-state index contributed by atoms with van der Waals surface area (Å²) in [5.41, 5.74) is 12.5. The molecule has 0 saturated heterocycles. The van der Waals surface area contributed by atoms with Gasteiger partial charge >= 0.3 is 0 Å². The van der Waals surface area contributed by atoms with E-state index >= 15 is 0 Å². The Labute approximate surface area is 399 Å². The van der Waals surface area contributed by atoms with Crippen LogP contribution in [0.2, 0.25) is 0 Å². The Bertz CT molecular complexity index is 2290. The van der Waals surface area contributed by atoms with Gasteiger partial charge in [0.05, 0.1) is 26.4 Å². The minimum atomic E-state index is 0.271. The lowest BCUT2D eigenvalue weighted by Crippen LogP contribution is -2.07. The second kappa shape index (κ2) is 26.6. The van der Waals surface area contributed by atoms with E-state index in [0.29, 0.717) is 11.8 Å². The van der Waals surface area contributed by atoms with Crippen molar-refractivity contribution in [2.45, 2.75) is 131 Å². The van der Waals surface area contributed by atoms with E-state index in [0.717, 1.165) is 88.0 Å². The molecule has 0 spiro atoms. The SMILES string of the molecule is CCCCCCOc1ccc(-c2ccc(-c3ccc(OCCCCCC)cc3)c(CCC(C)c3cc(-c4ccc(OC[C@@H](C)CC)cc4)ccc3-c3ccc(OC[C@@H](C)CC)cc3)c2)cc1. The maximum absolute atomic E-state index is 6.17. The largest absolute Gasteiger partial charge is 0.494 e. The van der Waals surface area contributed by atoms with Crippen LogP contribution >= 0.6 is 0 Å². The normalized spacial score (nSPS) is 12.7. The summed E-state index contributed by atoms with van der Waals surface area (Å²) in [6.45, 7) is 18.8. The van der Waals surface area contributed by atoms with E-state index in [1.54, 1.807) is 0 Å². The minimum absolute atomic E-state index is 0.271. The quantitative estimate of drug-likeness (QED) is 0.0460. The Balaban J connectivity index is 1.29. The number of hydrogen-bond donors (Lipinski definition) is 0. The van der Waals surface area contributed by atoms with Crippen LogP contribution in [0.5, 0.6) is 23.0 Å². The van der Waals surface area contributed by atoms with Crippen LogP contribution in [-0.2, 0) is 6.42 Å². The van der Waals surface area contributed by atoms with Crippen LogP contribution in [0.25, 0.3) is 44.5 Å². The maximum Gasteiger partial charge on any atom is 0.119 e. The molecule has 6 aromatic carbocycles. The molecule has 0 aliphatic carbocycles. The van der Waals surface area contributed by atoms with Gasteiger partial charge in [-0.2, -0.15) is 0 Å². The van der Waals surface area contributed by atoms with Gasteiger partial charge in [0.1, 0.15) is 23.0 Å². The first-order valence-corrected chi connectivity index (χ1v) is 25.5. The Kier molecular flexibility index (Phi) is 20.1. The lowest BCUT2D eigenvalue weighted by atomic mass is 9.84. The van der Waals surface area contributed by atoms with Crippen molar-refractivity contribution in [1.82, 2.24) is 0 Å². The monoisotopic (exact) mass is 887 g/mol. The fraction of sp³-hybridized carbons (Fsp3) is 0.419. The first-order valence-electron chi connectivity index (χ1n) is 25.5. The summed E-state index contributed by atoms with van der Waals surface area (Å²) in [7, 11) is 0. The highest BCUT2D eigenvalue weighted by Crippen LogP contribution is 2.38. The third-order valence-electron chi connectivity index (χ3n) is 13.2. The van der Waals surface area contributed by atoms with Gasteiger partial charge in [-0.05, 0) is 148 Å². The molecule has 0 N–H and O–H groups in total. The van der Waals surface area contributed by atoms with Gasteiger partial charge in [-0.25, -0.2) is 0 Å². The molecule has 0 amide bonds. The summed E-state index contributed by atoms with van der Waals surface area (Å²) in [6.07, 6.45) is 13.7. The minimum Gasteiger partial charge on any atom is -0.494 e. The van der Waals surface area contributed by atoms with Gasteiger partial charge < -0.3 is 18.9 Å². The van der Waals surface area contributed by atoms with Crippen molar-refractivity contribution in [3.63, 3.8) is 0 Å². The second-order valence-corrected chi connectivity index (χ2v) is 18.7. The summed E-state index contributed by atoms with van der Waals surface area (Å²) < 4.78 is 24.6. The zero-order valence-corrected chi connectivity index (χ0v) is 41.4. The topological polar surface area (TPSA) is 36.9 Å². The van der Waals surface area contributed by atoms with Crippen LogP contribution in [0.15, 0.2) is 133 Å². The lowest BCUT2D eigenvalue weighted by Gasteiger charge is -2.21. The molecule has 0 saturated carbocycles. The highest BCUT2D eigenvalue weighted by atomic mass is 16.5. The van der Waals surface area contributed by atoms with Gasteiger partial charge in [0.15, 0.2) is 0 Å². The molecule has 0 aliphatic rings. The number of benzene rings is 6. The van der Waals surface area contributed by atoms with Crippen LogP contribution < -0.4 is 18.9 Å². The molecule has 0 aromatic heterocycles. The van der Waals surface area contributed by atoms with Crippen LogP contribution in [0.3, 0.4) is 0 Å². The molecule has 0 bridgehead atoms. The second-order valence-electron chi connectivity index (χ2n) is 18.7. The van der Waals surface area contributed by atoms with E-state index in [1.165, 1.54) is 94.2 Å². The zero-order chi connectivity index (χ0) is 46.5. The average Bonchev–Trinajstić information content (AvgIpc) is 3.36. The first kappa shape index (κ1) is 49.9. The molecule has 0 aliphatic heterocycles. The Morgan fingerprint density at radius 3 is 1.23 bits per heavy atom. The van der Waals surface area contributed by atoms with E-state index in [4.69, 9.17) is 18.9 Å². The predicted octanol–water partition coefficient (Wildman–Crippen LogP) is 17.9. The molecule has 1 unspecified atom stereocenters. The zero-order valence-electron chi connectivity index (χ0n) is 41.4. The fourth-order valence-corrected chi connectivity index (χ4v) is 8.30. The summed E-state index contributed by atoms with van der Waals surface area (Å²) in [4.78, 5) is 0. The summed E-state index contributed by atoms with van der Waals surface area (Å²) in [5, 5.41) is 0. The highest BCUT2D eigenvalue weighted by molar-refractivity contribution is 5.76. The Morgan fingerprint density at radius 2 is 0.773 bits per heavy atom. The molecule has 350 valence electrons. The van der Waals surface area contributed by atoms with Crippen molar-refractivity contribution in [1.29, 1.82) is 0 Å². The van der Waals surface area contributed by atoms with Gasteiger partial charge in [0, 0.05) is 0 Å². The van der Waals surface area contributed by atoms with E-state index in [-0.39, 0.29) is 5.92 Å². The van der Waals surface area contributed by atoms with E-state index in [9.17, 15) is 0 Å². The standard InChI is InChI=1S/C62H78O4/c1-8-12-14-16-40-63-56-30-20-49(21-31-56)53-28-38-60(51-24-34-57(35-25-51)64-41-17-15-13-9-2)55(42-53)19-18-48(7)62-43-54(50-22-32-58(33-23-50)65-44-46(5)10-3)29-39-61(62)52-26-36-59(37-27-52)66-45-47(6)11-4/h20-39,42-43,46-48H,8-19,40-41,44-45H2,1-7H3/t46-,47-,48?/m0/s1. The smallest absolute Gasteiger partial charge is 0.119 e. The van der Waals surface area contributed by atoms with Gasteiger partial charge in [0.25, 0.3) is 0 Å².